The van der Waals surface area contributed by atoms with E-state index in [0.717, 1.165) is 0 Å². The van der Waals surface area contributed by atoms with Crippen LogP contribution in [0.2, 0.25) is 5.02 Å². The smallest absolute Gasteiger partial charge is 0.185 e. The fraction of sp³-hybridized carbons (Fsp3) is 0.538. The first kappa shape index (κ1) is 15.7. The fourth-order valence-corrected chi connectivity index (χ4v) is 2.29. The summed E-state index contributed by atoms with van der Waals surface area (Å²) in [5, 5.41) is 38.4. The second kappa shape index (κ2) is 6.82. The van der Waals surface area contributed by atoms with E-state index in [1.165, 1.54) is 0 Å². The molecule has 0 saturated carbocycles. The molecular weight excluding hydrogens is 288 g/mol. The van der Waals surface area contributed by atoms with Crippen molar-refractivity contribution in [2.75, 3.05) is 13.2 Å². The topological polar surface area (TPSA) is 99.4 Å². The van der Waals surface area contributed by atoms with Gasteiger partial charge in [0.1, 0.15) is 24.4 Å². The third-order valence-electron chi connectivity index (χ3n) is 3.16. The third-order valence-corrected chi connectivity index (χ3v) is 3.40. The van der Waals surface area contributed by atoms with E-state index in [0.29, 0.717) is 10.6 Å². The van der Waals surface area contributed by atoms with Crippen LogP contribution in [-0.4, -0.2) is 58.1 Å². The maximum absolute atomic E-state index is 9.94. The SMILES string of the molecule is OC[C@@H](O)[C@H]1OC(c2cccc(Cl)c2)O[C@@H](CO)[C@H]1O. The van der Waals surface area contributed by atoms with Crippen LogP contribution >= 0.6 is 11.6 Å². The molecule has 0 radical (unpaired) electrons. The highest BCUT2D eigenvalue weighted by Crippen LogP contribution is 2.32. The summed E-state index contributed by atoms with van der Waals surface area (Å²) in [4.78, 5) is 0. The summed E-state index contributed by atoms with van der Waals surface area (Å²) < 4.78 is 10.9. The average Bonchev–Trinajstić information content (AvgIpc) is 2.46. The number of halogens is 1. The summed E-state index contributed by atoms with van der Waals surface area (Å²) in [6.07, 6.45) is -5.38. The van der Waals surface area contributed by atoms with E-state index in [1.54, 1.807) is 24.3 Å². The van der Waals surface area contributed by atoms with Crippen molar-refractivity contribution in [1.29, 1.82) is 0 Å². The Balaban J connectivity index is 2.22. The molecule has 1 aliphatic rings. The number of aliphatic hydroxyl groups is 4. The Morgan fingerprint density at radius 2 is 2.00 bits per heavy atom. The predicted octanol–water partition coefficient (Wildman–Crippen LogP) is -0.171. The fourth-order valence-electron chi connectivity index (χ4n) is 2.09. The zero-order valence-corrected chi connectivity index (χ0v) is 11.3. The van der Waals surface area contributed by atoms with Crippen molar-refractivity contribution in [1.82, 2.24) is 0 Å². The summed E-state index contributed by atoms with van der Waals surface area (Å²) in [6.45, 7) is -1.00. The molecule has 20 heavy (non-hydrogen) atoms. The van der Waals surface area contributed by atoms with E-state index >= 15 is 0 Å². The Labute approximate surface area is 121 Å². The maximum atomic E-state index is 9.94. The summed E-state index contributed by atoms with van der Waals surface area (Å²) in [5.41, 5.74) is 0.595. The van der Waals surface area contributed by atoms with Crippen LogP contribution in [0.25, 0.3) is 0 Å². The molecule has 0 bridgehead atoms. The summed E-state index contributed by atoms with van der Waals surface area (Å²) >= 11 is 5.89. The van der Waals surface area contributed by atoms with Gasteiger partial charge >= 0.3 is 0 Å². The maximum Gasteiger partial charge on any atom is 0.185 e. The third kappa shape index (κ3) is 3.29. The van der Waals surface area contributed by atoms with Gasteiger partial charge in [0.05, 0.1) is 13.2 Å². The number of benzene rings is 1. The highest BCUT2D eigenvalue weighted by molar-refractivity contribution is 6.30. The lowest BCUT2D eigenvalue weighted by atomic mass is 10.0. The molecule has 1 aliphatic heterocycles. The van der Waals surface area contributed by atoms with Gasteiger partial charge in [0, 0.05) is 10.6 Å². The molecule has 1 aromatic carbocycles. The number of rotatable bonds is 4. The number of aliphatic hydroxyl groups excluding tert-OH is 4. The molecule has 0 spiro atoms. The highest BCUT2D eigenvalue weighted by Gasteiger charge is 2.42. The molecule has 4 N–H and O–H groups in total. The van der Waals surface area contributed by atoms with Crippen LogP contribution in [0.1, 0.15) is 11.9 Å². The van der Waals surface area contributed by atoms with Gasteiger partial charge in [-0.3, -0.25) is 0 Å². The van der Waals surface area contributed by atoms with Crippen molar-refractivity contribution in [2.24, 2.45) is 0 Å². The van der Waals surface area contributed by atoms with Crippen molar-refractivity contribution < 1.29 is 29.9 Å². The molecule has 1 fully saturated rings. The molecule has 5 atom stereocenters. The van der Waals surface area contributed by atoms with Crippen LogP contribution < -0.4 is 0 Å². The van der Waals surface area contributed by atoms with Crippen LogP contribution in [0.15, 0.2) is 24.3 Å². The van der Waals surface area contributed by atoms with Crippen LogP contribution in [0, 0.1) is 0 Å². The van der Waals surface area contributed by atoms with Gasteiger partial charge in [0.2, 0.25) is 0 Å². The van der Waals surface area contributed by atoms with Crippen LogP contribution in [0.5, 0.6) is 0 Å². The molecule has 6 nitrogen and oxygen atoms in total. The molecular formula is C13H17ClO6. The van der Waals surface area contributed by atoms with Gasteiger partial charge in [-0.1, -0.05) is 23.7 Å². The lowest BCUT2D eigenvalue weighted by Gasteiger charge is -2.40. The predicted molar refractivity (Wildman–Crippen MR) is 70.1 cm³/mol. The first-order valence-corrected chi connectivity index (χ1v) is 6.59. The highest BCUT2D eigenvalue weighted by atomic mass is 35.5. The zero-order chi connectivity index (χ0) is 14.7. The second-order valence-electron chi connectivity index (χ2n) is 4.59. The Hall–Kier alpha value is -0.730. The van der Waals surface area contributed by atoms with Gasteiger partial charge in [-0.15, -0.1) is 0 Å². The number of hydrogen-bond acceptors (Lipinski definition) is 6. The molecule has 1 heterocycles. The van der Waals surface area contributed by atoms with Crippen molar-refractivity contribution in [3.05, 3.63) is 34.9 Å². The van der Waals surface area contributed by atoms with Gasteiger partial charge in [0.25, 0.3) is 0 Å². The molecule has 2 rings (SSSR count). The molecule has 0 amide bonds. The van der Waals surface area contributed by atoms with Gasteiger partial charge in [-0.25, -0.2) is 0 Å². The lowest BCUT2D eigenvalue weighted by molar-refractivity contribution is -0.310. The Bertz CT molecular complexity index is 443. The van der Waals surface area contributed by atoms with Crippen molar-refractivity contribution >= 4 is 11.6 Å². The normalized spacial score (nSPS) is 32.0. The number of ether oxygens (including phenoxy) is 2. The van der Waals surface area contributed by atoms with Gasteiger partial charge < -0.3 is 29.9 Å². The van der Waals surface area contributed by atoms with Crippen molar-refractivity contribution in [3.8, 4) is 0 Å². The minimum Gasteiger partial charge on any atom is -0.394 e. The van der Waals surface area contributed by atoms with Gasteiger partial charge in [-0.05, 0) is 12.1 Å². The minimum atomic E-state index is -1.27. The van der Waals surface area contributed by atoms with Crippen LogP contribution in [0.4, 0.5) is 0 Å². The molecule has 1 unspecified atom stereocenters. The Morgan fingerprint density at radius 1 is 1.25 bits per heavy atom. The van der Waals surface area contributed by atoms with E-state index < -0.39 is 43.9 Å². The Morgan fingerprint density at radius 3 is 2.60 bits per heavy atom. The van der Waals surface area contributed by atoms with Crippen molar-refractivity contribution in [3.63, 3.8) is 0 Å². The summed E-state index contributed by atoms with van der Waals surface area (Å²) in [7, 11) is 0. The van der Waals surface area contributed by atoms with Gasteiger partial charge in [-0.2, -0.15) is 0 Å². The molecule has 1 aromatic rings. The quantitative estimate of drug-likeness (QED) is 0.616. The van der Waals surface area contributed by atoms with E-state index in [-0.39, 0.29) is 0 Å². The van der Waals surface area contributed by atoms with Crippen molar-refractivity contribution in [2.45, 2.75) is 30.7 Å². The van der Waals surface area contributed by atoms with E-state index in [4.69, 9.17) is 26.2 Å². The van der Waals surface area contributed by atoms with E-state index in [9.17, 15) is 15.3 Å². The van der Waals surface area contributed by atoms with Crippen LogP contribution in [-0.2, 0) is 9.47 Å². The summed E-state index contributed by atoms with van der Waals surface area (Å²) in [6, 6.07) is 6.74. The Kier molecular flexibility index (Phi) is 5.34. The molecule has 112 valence electrons. The average molecular weight is 305 g/mol. The monoisotopic (exact) mass is 304 g/mol. The van der Waals surface area contributed by atoms with E-state index in [1.807, 2.05) is 0 Å². The molecule has 0 aromatic heterocycles. The first-order valence-electron chi connectivity index (χ1n) is 6.21. The van der Waals surface area contributed by atoms with Gasteiger partial charge in [0.15, 0.2) is 6.29 Å². The van der Waals surface area contributed by atoms with E-state index in [2.05, 4.69) is 0 Å². The standard InChI is InChI=1S/C13H17ClO6/c14-8-3-1-2-7(4-8)13-19-10(6-16)11(18)12(20-13)9(17)5-15/h1-4,9-13,15-18H,5-6H2/t9-,10+,11-,12-,13?/m1/s1. The van der Waals surface area contributed by atoms with Crippen LogP contribution in [0.3, 0.4) is 0 Å². The molecule has 7 heteroatoms. The lowest BCUT2D eigenvalue weighted by Crippen LogP contribution is -2.54. The summed E-state index contributed by atoms with van der Waals surface area (Å²) in [5.74, 6) is 0. The second-order valence-corrected chi connectivity index (χ2v) is 5.02. The molecule has 0 aliphatic carbocycles. The zero-order valence-electron chi connectivity index (χ0n) is 10.6. The largest absolute Gasteiger partial charge is 0.394 e. The minimum absolute atomic E-state index is 0.434. The number of hydrogen-bond donors (Lipinski definition) is 4. The molecule has 1 saturated heterocycles. The first-order chi connectivity index (χ1) is 9.56.